The monoisotopic (exact) mass is 334 g/mol. The van der Waals surface area contributed by atoms with Crippen LogP contribution in [-0.4, -0.2) is 59.4 Å². The Bertz CT molecular complexity index is 548. The molecule has 2 atom stereocenters. The minimum Gasteiger partial charge on any atom is -0.356 e. The number of guanidine groups is 1. The zero-order chi connectivity index (χ0) is 17.7. The fraction of sp³-hybridized carbons (Fsp3) is 0.778. The van der Waals surface area contributed by atoms with Gasteiger partial charge in [0.1, 0.15) is 0 Å². The number of hydrogen-bond acceptors (Lipinski definition) is 3. The van der Waals surface area contributed by atoms with Crippen LogP contribution in [0.25, 0.3) is 0 Å². The highest BCUT2D eigenvalue weighted by molar-refractivity contribution is 5.80. The van der Waals surface area contributed by atoms with Crippen molar-refractivity contribution in [3.63, 3.8) is 0 Å². The maximum atomic E-state index is 4.50. The minimum absolute atomic E-state index is 0.467. The normalized spacial score (nSPS) is 22.4. The Labute approximate surface area is 146 Å². The Balaban J connectivity index is 1.74. The molecule has 1 aliphatic heterocycles. The molecule has 1 fully saturated rings. The molecule has 0 bridgehead atoms. The van der Waals surface area contributed by atoms with Crippen LogP contribution >= 0.6 is 0 Å². The van der Waals surface area contributed by atoms with E-state index < -0.39 is 0 Å². The molecule has 6 nitrogen and oxygen atoms in total. The van der Waals surface area contributed by atoms with Gasteiger partial charge in [-0.25, -0.2) is 0 Å². The largest absolute Gasteiger partial charge is 0.356 e. The summed E-state index contributed by atoms with van der Waals surface area (Å²) in [6.45, 7) is 15.1. The Kier molecular flexibility index (Phi) is 6.66. The van der Waals surface area contributed by atoms with Gasteiger partial charge in [-0.2, -0.15) is 5.10 Å². The Hall–Kier alpha value is -1.56. The molecule has 1 aromatic rings. The van der Waals surface area contributed by atoms with Crippen LogP contribution in [0.2, 0.25) is 0 Å². The summed E-state index contributed by atoms with van der Waals surface area (Å²) in [4.78, 5) is 6.90. The van der Waals surface area contributed by atoms with Crippen molar-refractivity contribution in [2.75, 3.05) is 26.7 Å². The maximum absolute atomic E-state index is 4.50. The number of likely N-dealkylation sites (tertiary alicyclic amines) is 1. The van der Waals surface area contributed by atoms with Crippen molar-refractivity contribution in [1.29, 1.82) is 0 Å². The van der Waals surface area contributed by atoms with E-state index in [-0.39, 0.29) is 0 Å². The van der Waals surface area contributed by atoms with E-state index in [0.29, 0.717) is 18.0 Å². The fourth-order valence-corrected chi connectivity index (χ4v) is 3.32. The summed E-state index contributed by atoms with van der Waals surface area (Å²) >= 11 is 0. The third-order valence-electron chi connectivity index (χ3n) is 4.86. The van der Waals surface area contributed by atoms with E-state index in [1.165, 1.54) is 5.69 Å². The van der Waals surface area contributed by atoms with Crippen LogP contribution in [-0.2, 0) is 6.54 Å². The van der Waals surface area contributed by atoms with E-state index in [2.05, 4.69) is 64.1 Å². The van der Waals surface area contributed by atoms with Gasteiger partial charge in [0.2, 0.25) is 0 Å². The SMILES string of the molecule is CN=C(NCCCn1nc(C)cc1C)NC1CN(C(C)C)CC1C. The highest BCUT2D eigenvalue weighted by atomic mass is 15.3. The number of rotatable bonds is 6. The molecule has 1 aliphatic rings. The molecule has 1 aromatic heterocycles. The second-order valence-electron chi connectivity index (χ2n) is 7.28. The van der Waals surface area contributed by atoms with Gasteiger partial charge in [-0.15, -0.1) is 0 Å². The van der Waals surface area contributed by atoms with Gasteiger partial charge in [0, 0.05) is 51.0 Å². The van der Waals surface area contributed by atoms with Crippen LogP contribution in [0.5, 0.6) is 0 Å². The molecule has 2 N–H and O–H groups in total. The third kappa shape index (κ3) is 4.97. The number of hydrogen-bond donors (Lipinski definition) is 2. The molecule has 24 heavy (non-hydrogen) atoms. The molecule has 2 rings (SSSR count). The Morgan fingerprint density at radius 2 is 2.12 bits per heavy atom. The predicted molar refractivity (Wildman–Crippen MR) is 100 cm³/mol. The summed E-state index contributed by atoms with van der Waals surface area (Å²) in [5.41, 5.74) is 2.31. The van der Waals surface area contributed by atoms with Gasteiger partial charge in [0.05, 0.1) is 5.69 Å². The van der Waals surface area contributed by atoms with E-state index in [1.54, 1.807) is 0 Å². The first-order valence-electron chi connectivity index (χ1n) is 9.13. The van der Waals surface area contributed by atoms with Gasteiger partial charge in [-0.05, 0) is 46.1 Å². The molecule has 2 heterocycles. The molecule has 0 aliphatic carbocycles. The molecule has 0 saturated carbocycles. The van der Waals surface area contributed by atoms with E-state index in [9.17, 15) is 0 Å². The highest BCUT2D eigenvalue weighted by Gasteiger charge is 2.31. The van der Waals surface area contributed by atoms with Crippen LogP contribution in [0.15, 0.2) is 11.1 Å². The van der Waals surface area contributed by atoms with Crippen LogP contribution < -0.4 is 10.6 Å². The van der Waals surface area contributed by atoms with Crippen molar-refractivity contribution >= 4 is 5.96 Å². The summed E-state index contributed by atoms with van der Waals surface area (Å²) in [6, 6.07) is 3.19. The fourth-order valence-electron chi connectivity index (χ4n) is 3.32. The van der Waals surface area contributed by atoms with Gasteiger partial charge in [-0.3, -0.25) is 14.6 Å². The highest BCUT2D eigenvalue weighted by Crippen LogP contribution is 2.18. The van der Waals surface area contributed by atoms with Crippen molar-refractivity contribution in [1.82, 2.24) is 25.3 Å². The van der Waals surface area contributed by atoms with E-state index >= 15 is 0 Å². The lowest BCUT2D eigenvalue weighted by Gasteiger charge is -2.22. The molecule has 0 radical (unpaired) electrons. The molecular weight excluding hydrogens is 300 g/mol. The molecule has 1 saturated heterocycles. The molecule has 0 aromatic carbocycles. The number of nitrogens with one attached hydrogen (secondary N) is 2. The summed E-state index contributed by atoms with van der Waals surface area (Å²) in [6.07, 6.45) is 1.03. The Morgan fingerprint density at radius 1 is 1.38 bits per heavy atom. The zero-order valence-electron chi connectivity index (χ0n) is 16.1. The first-order valence-corrected chi connectivity index (χ1v) is 9.13. The lowest BCUT2D eigenvalue weighted by Crippen LogP contribution is -2.47. The van der Waals surface area contributed by atoms with E-state index in [0.717, 1.165) is 44.3 Å². The second kappa shape index (κ2) is 8.51. The van der Waals surface area contributed by atoms with Crippen LogP contribution in [0.3, 0.4) is 0 Å². The van der Waals surface area contributed by atoms with E-state index in [1.807, 2.05) is 14.0 Å². The maximum Gasteiger partial charge on any atom is 0.191 e. The summed E-state index contributed by atoms with van der Waals surface area (Å²) < 4.78 is 2.08. The molecule has 2 unspecified atom stereocenters. The van der Waals surface area contributed by atoms with Crippen LogP contribution in [0.4, 0.5) is 0 Å². The molecule has 6 heteroatoms. The predicted octanol–water partition coefficient (Wildman–Crippen LogP) is 1.78. The van der Waals surface area contributed by atoms with Gasteiger partial charge in [0.15, 0.2) is 5.96 Å². The van der Waals surface area contributed by atoms with Crippen molar-refractivity contribution in [2.45, 2.75) is 59.7 Å². The standard InChI is InChI=1S/C18H34N6/c1-13(2)23-11-14(3)17(12-23)21-18(19-6)20-8-7-9-24-16(5)10-15(4)22-24/h10,13-14,17H,7-9,11-12H2,1-6H3,(H2,19,20,21). The zero-order valence-corrected chi connectivity index (χ0v) is 16.1. The third-order valence-corrected chi connectivity index (χ3v) is 4.86. The van der Waals surface area contributed by atoms with Crippen molar-refractivity contribution in [3.8, 4) is 0 Å². The first kappa shape index (κ1) is 18.8. The summed E-state index contributed by atoms with van der Waals surface area (Å²) in [7, 11) is 1.84. The van der Waals surface area contributed by atoms with Gasteiger partial charge < -0.3 is 10.6 Å². The summed E-state index contributed by atoms with van der Waals surface area (Å²) in [5, 5.41) is 11.5. The van der Waals surface area contributed by atoms with Crippen LogP contribution in [0, 0.1) is 19.8 Å². The molecular formula is C18H34N6. The van der Waals surface area contributed by atoms with Crippen molar-refractivity contribution in [2.24, 2.45) is 10.9 Å². The Morgan fingerprint density at radius 3 is 2.67 bits per heavy atom. The lowest BCUT2D eigenvalue weighted by atomic mass is 10.1. The van der Waals surface area contributed by atoms with Crippen LogP contribution in [0.1, 0.15) is 38.6 Å². The van der Waals surface area contributed by atoms with Crippen molar-refractivity contribution in [3.05, 3.63) is 17.5 Å². The smallest absolute Gasteiger partial charge is 0.191 e. The number of aliphatic imine (C=N–C) groups is 1. The van der Waals surface area contributed by atoms with Crippen molar-refractivity contribution < 1.29 is 0 Å². The number of aryl methyl sites for hydroxylation is 3. The van der Waals surface area contributed by atoms with Gasteiger partial charge >= 0.3 is 0 Å². The summed E-state index contributed by atoms with van der Waals surface area (Å²) in [5.74, 6) is 1.55. The second-order valence-corrected chi connectivity index (χ2v) is 7.28. The minimum atomic E-state index is 0.467. The first-order chi connectivity index (χ1) is 11.4. The molecule has 0 amide bonds. The topological polar surface area (TPSA) is 57.5 Å². The number of nitrogens with zero attached hydrogens (tertiary/aromatic N) is 4. The quantitative estimate of drug-likeness (QED) is 0.473. The number of aromatic nitrogens is 2. The van der Waals surface area contributed by atoms with Gasteiger partial charge in [-0.1, -0.05) is 6.92 Å². The molecule has 136 valence electrons. The average molecular weight is 335 g/mol. The van der Waals surface area contributed by atoms with Gasteiger partial charge in [0.25, 0.3) is 0 Å². The molecule has 0 spiro atoms. The average Bonchev–Trinajstić information content (AvgIpc) is 3.04. The van der Waals surface area contributed by atoms with E-state index in [4.69, 9.17) is 0 Å². The lowest BCUT2D eigenvalue weighted by molar-refractivity contribution is 0.265.